The molecule has 6 nitrogen and oxygen atoms in total. The molecule has 22 heavy (non-hydrogen) atoms. The summed E-state index contributed by atoms with van der Waals surface area (Å²) < 4.78 is 10.3. The lowest BCUT2D eigenvalue weighted by Gasteiger charge is -2.06. The molecule has 0 aliphatic carbocycles. The fourth-order valence-electron chi connectivity index (χ4n) is 1.70. The number of hydrogen-bond donors (Lipinski definition) is 0. The summed E-state index contributed by atoms with van der Waals surface area (Å²) in [6.45, 7) is 2.71. The number of hydrogen-bond acceptors (Lipinski definition) is 6. The Labute approximate surface area is 128 Å². The van der Waals surface area contributed by atoms with Gasteiger partial charge in [-0.3, -0.25) is 4.84 Å². The highest BCUT2D eigenvalue weighted by molar-refractivity contribution is 5.63. The third-order valence-electron chi connectivity index (χ3n) is 2.63. The summed E-state index contributed by atoms with van der Waals surface area (Å²) in [5.74, 6) is 1.11. The van der Waals surface area contributed by atoms with E-state index in [0.717, 1.165) is 11.3 Å². The Hall–Kier alpha value is -2.89. The summed E-state index contributed by atoms with van der Waals surface area (Å²) >= 11 is 0. The number of ether oxygens (including phenoxy) is 2. The van der Waals surface area contributed by atoms with Gasteiger partial charge in [0.25, 0.3) is 0 Å². The molecule has 2 rings (SSSR count). The van der Waals surface area contributed by atoms with E-state index in [1.165, 1.54) is 0 Å². The van der Waals surface area contributed by atoms with Gasteiger partial charge in [0.2, 0.25) is 0 Å². The number of carbonyl (C=O) groups is 1. The van der Waals surface area contributed by atoms with E-state index in [-0.39, 0.29) is 6.54 Å². The SMILES string of the molecule is CCOc1ccccc1CN=NOC(=O)Oc1ccccc1. The molecule has 0 spiro atoms. The maximum atomic E-state index is 11.4. The Morgan fingerprint density at radius 2 is 1.77 bits per heavy atom. The standard InChI is InChI=1S/C16H16N2O4/c1-2-20-15-11-7-6-8-13(15)12-17-18-22-16(19)21-14-9-4-3-5-10-14/h3-11H,2,12H2,1H3. The Bertz CT molecular complexity index is 629. The number of para-hydroxylation sites is 2. The summed E-state index contributed by atoms with van der Waals surface area (Å²) in [4.78, 5) is 15.9. The monoisotopic (exact) mass is 300 g/mol. The fourth-order valence-corrected chi connectivity index (χ4v) is 1.70. The van der Waals surface area contributed by atoms with Crippen LogP contribution in [0.4, 0.5) is 4.79 Å². The summed E-state index contributed by atoms with van der Waals surface area (Å²) in [6.07, 6.45) is -0.937. The van der Waals surface area contributed by atoms with Crippen LogP contribution in [0.1, 0.15) is 12.5 Å². The molecule has 2 aromatic rings. The zero-order valence-electron chi connectivity index (χ0n) is 12.1. The average molecular weight is 300 g/mol. The molecule has 0 heterocycles. The molecule has 0 bridgehead atoms. The minimum atomic E-state index is -0.937. The molecular weight excluding hydrogens is 284 g/mol. The second kappa shape index (κ2) is 8.41. The molecule has 2 aromatic carbocycles. The number of rotatable bonds is 6. The summed E-state index contributed by atoms with van der Waals surface area (Å²) in [6, 6.07) is 16.0. The highest BCUT2D eigenvalue weighted by atomic mass is 16.8. The number of nitrogens with zero attached hydrogens (tertiary/aromatic N) is 2. The van der Waals surface area contributed by atoms with E-state index in [4.69, 9.17) is 9.47 Å². The normalized spacial score (nSPS) is 10.4. The van der Waals surface area contributed by atoms with E-state index in [9.17, 15) is 4.79 Å². The van der Waals surface area contributed by atoms with E-state index in [2.05, 4.69) is 15.2 Å². The Kier molecular flexibility index (Phi) is 5.92. The van der Waals surface area contributed by atoms with Gasteiger partial charge in [-0.05, 0) is 25.1 Å². The van der Waals surface area contributed by atoms with Crippen LogP contribution in [0, 0.1) is 0 Å². The van der Waals surface area contributed by atoms with Gasteiger partial charge < -0.3 is 9.47 Å². The molecule has 0 aromatic heterocycles. The van der Waals surface area contributed by atoms with Gasteiger partial charge in [-0.2, -0.15) is 0 Å². The molecule has 0 unspecified atom stereocenters. The van der Waals surface area contributed by atoms with Crippen molar-refractivity contribution in [2.24, 2.45) is 10.4 Å². The predicted molar refractivity (Wildman–Crippen MR) is 79.7 cm³/mol. The first-order valence-electron chi connectivity index (χ1n) is 6.81. The fraction of sp³-hybridized carbons (Fsp3) is 0.188. The van der Waals surface area contributed by atoms with Gasteiger partial charge in [0, 0.05) is 10.8 Å². The van der Waals surface area contributed by atoms with Crippen LogP contribution < -0.4 is 9.47 Å². The van der Waals surface area contributed by atoms with Crippen LogP contribution >= 0.6 is 0 Å². The highest BCUT2D eigenvalue weighted by Crippen LogP contribution is 2.18. The molecule has 0 radical (unpaired) electrons. The molecular formula is C16H16N2O4. The van der Waals surface area contributed by atoms with Crippen LogP contribution in [0.3, 0.4) is 0 Å². The van der Waals surface area contributed by atoms with Gasteiger partial charge in [-0.15, -0.1) is 5.11 Å². The highest BCUT2D eigenvalue weighted by Gasteiger charge is 2.05. The van der Waals surface area contributed by atoms with E-state index >= 15 is 0 Å². The lowest BCUT2D eigenvalue weighted by molar-refractivity contribution is 0.0932. The molecule has 0 saturated heterocycles. The lowest BCUT2D eigenvalue weighted by Crippen LogP contribution is -2.06. The molecule has 0 fully saturated rings. The van der Waals surface area contributed by atoms with Gasteiger partial charge in [0.1, 0.15) is 11.5 Å². The first-order chi connectivity index (χ1) is 10.8. The molecule has 0 atom stereocenters. The van der Waals surface area contributed by atoms with E-state index in [1.807, 2.05) is 37.3 Å². The molecule has 0 amide bonds. The van der Waals surface area contributed by atoms with E-state index < -0.39 is 6.16 Å². The molecule has 114 valence electrons. The van der Waals surface area contributed by atoms with Crippen molar-refractivity contribution in [3.63, 3.8) is 0 Å². The van der Waals surface area contributed by atoms with Crippen LogP contribution in [0.5, 0.6) is 11.5 Å². The van der Waals surface area contributed by atoms with Crippen molar-refractivity contribution in [1.82, 2.24) is 0 Å². The minimum Gasteiger partial charge on any atom is -0.494 e. The lowest BCUT2D eigenvalue weighted by atomic mass is 10.2. The van der Waals surface area contributed by atoms with Gasteiger partial charge in [0.05, 0.1) is 13.2 Å². The maximum absolute atomic E-state index is 11.4. The molecule has 0 saturated carbocycles. The second-order valence-corrected chi connectivity index (χ2v) is 4.18. The van der Waals surface area contributed by atoms with Crippen molar-refractivity contribution >= 4 is 6.16 Å². The number of carbonyl (C=O) groups excluding carboxylic acids is 1. The quantitative estimate of drug-likeness (QED) is 0.347. The van der Waals surface area contributed by atoms with Crippen molar-refractivity contribution in [2.75, 3.05) is 6.61 Å². The third-order valence-corrected chi connectivity index (χ3v) is 2.63. The van der Waals surface area contributed by atoms with Crippen molar-refractivity contribution < 1.29 is 19.1 Å². The molecule has 0 aliphatic heterocycles. The van der Waals surface area contributed by atoms with Gasteiger partial charge in [-0.25, -0.2) is 4.79 Å². The van der Waals surface area contributed by atoms with Crippen LogP contribution in [0.15, 0.2) is 65.0 Å². The minimum absolute atomic E-state index is 0.245. The Morgan fingerprint density at radius 3 is 2.55 bits per heavy atom. The molecule has 0 N–H and O–H groups in total. The maximum Gasteiger partial charge on any atom is 0.542 e. The molecule has 6 heteroatoms. The zero-order chi connectivity index (χ0) is 15.6. The van der Waals surface area contributed by atoms with E-state index in [0.29, 0.717) is 12.4 Å². The second-order valence-electron chi connectivity index (χ2n) is 4.18. The van der Waals surface area contributed by atoms with Crippen LogP contribution in [0.2, 0.25) is 0 Å². The third kappa shape index (κ3) is 4.90. The Morgan fingerprint density at radius 1 is 1.05 bits per heavy atom. The summed E-state index contributed by atoms with van der Waals surface area (Å²) in [5, 5.41) is 7.15. The van der Waals surface area contributed by atoms with Crippen LogP contribution in [0.25, 0.3) is 0 Å². The van der Waals surface area contributed by atoms with Crippen molar-refractivity contribution in [3.8, 4) is 11.5 Å². The van der Waals surface area contributed by atoms with Crippen molar-refractivity contribution in [2.45, 2.75) is 13.5 Å². The van der Waals surface area contributed by atoms with Gasteiger partial charge >= 0.3 is 6.16 Å². The van der Waals surface area contributed by atoms with Gasteiger partial charge in [-0.1, -0.05) is 36.4 Å². The largest absolute Gasteiger partial charge is 0.542 e. The van der Waals surface area contributed by atoms with Crippen LogP contribution in [-0.2, 0) is 11.4 Å². The van der Waals surface area contributed by atoms with Crippen molar-refractivity contribution in [3.05, 3.63) is 60.2 Å². The predicted octanol–water partition coefficient (Wildman–Crippen LogP) is 4.17. The topological polar surface area (TPSA) is 69.5 Å². The average Bonchev–Trinajstić information content (AvgIpc) is 2.54. The smallest absolute Gasteiger partial charge is 0.494 e. The van der Waals surface area contributed by atoms with Gasteiger partial charge in [0.15, 0.2) is 0 Å². The summed E-state index contributed by atoms with van der Waals surface area (Å²) in [7, 11) is 0. The summed E-state index contributed by atoms with van der Waals surface area (Å²) in [5.41, 5.74) is 0.855. The van der Waals surface area contributed by atoms with Crippen LogP contribution in [-0.4, -0.2) is 12.8 Å². The van der Waals surface area contributed by atoms with E-state index in [1.54, 1.807) is 24.3 Å². The van der Waals surface area contributed by atoms with Crippen molar-refractivity contribution in [1.29, 1.82) is 0 Å². The first kappa shape index (κ1) is 15.5. The first-order valence-corrected chi connectivity index (χ1v) is 6.81. The number of benzene rings is 2. The zero-order valence-corrected chi connectivity index (χ0v) is 12.1. The molecule has 0 aliphatic rings. The Balaban J connectivity index is 1.82.